The number of ether oxygens (including phenoxy) is 1. The van der Waals surface area contributed by atoms with Crippen LogP contribution in [0.2, 0.25) is 0 Å². The Morgan fingerprint density at radius 1 is 1.05 bits per heavy atom. The van der Waals surface area contributed by atoms with E-state index in [-0.39, 0.29) is 18.6 Å². The van der Waals surface area contributed by atoms with Gasteiger partial charge in [-0.15, -0.1) is 0 Å². The lowest BCUT2D eigenvalue weighted by Gasteiger charge is -2.31. The van der Waals surface area contributed by atoms with Crippen LogP contribution in [-0.4, -0.2) is 55.4 Å². The number of aromatic nitrogens is 4. The minimum atomic E-state index is -2.10. The summed E-state index contributed by atoms with van der Waals surface area (Å²) in [5, 5.41) is 25.6. The number of carboxylic acids is 1. The van der Waals surface area contributed by atoms with Crippen molar-refractivity contribution in [1.29, 1.82) is 0 Å². The van der Waals surface area contributed by atoms with Crippen molar-refractivity contribution < 1.29 is 24.2 Å². The summed E-state index contributed by atoms with van der Waals surface area (Å²) in [5.74, 6) is -1.49. The van der Waals surface area contributed by atoms with Gasteiger partial charge in [0.05, 0.1) is 11.7 Å². The van der Waals surface area contributed by atoms with Crippen LogP contribution in [0.3, 0.4) is 0 Å². The van der Waals surface area contributed by atoms with Gasteiger partial charge in [-0.3, -0.25) is 15.2 Å². The van der Waals surface area contributed by atoms with Crippen molar-refractivity contribution in [3.63, 3.8) is 0 Å². The van der Waals surface area contributed by atoms with Crippen LogP contribution in [0.1, 0.15) is 35.2 Å². The smallest absolute Gasteiger partial charge is 0.409 e. The van der Waals surface area contributed by atoms with Gasteiger partial charge in [-0.05, 0) is 36.6 Å². The predicted molar refractivity (Wildman–Crippen MR) is 135 cm³/mol. The van der Waals surface area contributed by atoms with Gasteiger partial charge in [0.1, 0.15) is 6.61 Å². The summed E-state index contributed by atoms with van der Waals surface area (Å²) < 4.78 is 5.24. The van der Waals surface area contributed by atoms with E-state index >= 15 is 0 Å². The Morgan fingerprint density at radius 3 is 2.65 bits per heavy atom. The molecule has 1 unspecified atom stereocenters. The average Bonchev–Trinajstić information content (AvgIpc) is 3.59. The second-order valence-corrected chi connectivity index (χ2v) is 8.35. The van der Waals surface area contributed by atoms with Gasteiger partial charge in [0.15, 0.2) is 5.95 Å². The third kappa shape index (κ3) is 6.63. The quantitative estimate of drug-likeness (QED) is 0.126. The molecule has 0 aliphatic rings. The molecule has 12 nitrogen and oxygen atoms in total. The lowest BCUT2D eigenvalue weighted by molar-refractivity contribution is -0.146. The van der Waals surface area contributed by atoms with Gasteiger partial charge in [0.2, 0.25) is 5.66 Å². The number of amides is 2. The number of aromatic amines is 2. The first-order valence-corrected chi connectivity index (χ1v) is 11.7. The summed E-state index contributed by atoms with van der Waals surface area (Å²) in [6.07, 6.45) is 4.71. The molecule has 0 radical (unpaired) electrons. The van der Waals surface area contributed by atoms with Gasteiger partial charge in [0, 0.05) is 36.3 Å². The van der Waals surface area contributed by atoms with E-state index in [4.69, 9.17) is 4.74 Å². The number of carbonyl (C=O) groups excluding carboxylic acids is 2. The van der Waals surface area contributed by atoms with Gasteiger partial charge < -0.3 is 25.5 Å². The Balaban J connectivity index is 1.46. The number of nitrogens with one attached hydrogen (secondary N) is 5. The maximum Gasteiger partial charge on any atom is 0.409 e. The van der Waals surface area contributed by atoms with Crippen molar-refractivity contribution in [3.05, 3.63) is 78.2 Å². The zero-order valence-electron chi connectivity index (χ0n) is 19.9. The molecule has 4 rings (SSSR count). The van der Waals surface area contributed by atoms with Crippen LogP contribution in [0, 0.1) is 0 Å². The first-order chi connectivity index (χ1) is 17.9. The summed E-state index contributed by atoms with van der Waals surface area (Å²) in [7, 11) is 0. The van der Waals surface area contributed by atoms with Crippen molar-refractivity contribution in [1.82, 2.24) is 30.8 Å². The first kappa shape index (κ1) is 25.2. The molecule has 2 aromatic heterocycles. The van der Waals surface area contributed by atoms with Crippen LogP contribution in [0.25, 0.3) is 10.9 Å². The number of carbonyl (C=O) groups is 3. The Kier molecular flexibility index (Phi) is 7.98. The highest BCUT2D eigenvalue weighted by Crippen LogP contribution is 2.17. The molecular formula is C25H27N7O5. The second-order valence-electron chi connectivity index (χ2n) is 8.35. The number of aliphatic carboxylic acids is 1. The van der Waals surface area contributed by atoms with Gasteiger partial charge in [-0.25, -0.2) is 14.6 Å². The number of hydrogen-bond donors (Lipinski definition) is 6. The van der Waals surface area contributed by atoms with E-state index in [1.807, 2.05) is 6.07 Å². The van der Waals surface area contributed by atoms with Gasteiger partial charge in [-0.2, -0.15) is 5.10 Å². The molecule has 2 heterocycles. The number of rotatable bonds is 12. The minimum Gasteiger partial charge on any atom is -0.478 e. The zero-order chi connectivity index (χ0) is 26.1. The number of H-pyrrole nitrogens is 2. The summed E-state index contributed by atoms with van der Waals surface area (Å²) >= 11 is 0. The maximum absolute atomic E-state index is 13.1. The van der Waals surface area contributed by atoms with E-state index in [9.17, 15) is 19.5 Å². The largest absolute Gasteiger partial charge is 0.478 e. The molecule has 2 aromatic carbocycles. The Labute approximate surface area is 211 Å². The van der Waals surface area contributed by atoms with Crippen LogP contribution in [0.15, 0.2) is 67.1 Å². The summed E-state index contributed by atoms with van der Waals surface area (Å²) in [6, 6.07) is 13.8. The Morgan fingerprint density at radius 2 is 1.89 bits per heavy atom. The molecule has 0 saturated heterocycles. The number of benzene rings is 2. The molecule has 4 aromatic rings. The number of imidazole rings is 1. The molecule has 37 heavy (non-hydrogen) atoms. The van der Waals surface area contributed by atoms with Crippen molar-refractivity contribution in [2.45, 2.75) is 31.5 Å². The highest BCUT2D eigenvalue weighted by Gasteiger charge is 2.42. The van der Waals surface area contributed by atoms with Gasteiger partial charge in [0.25, 0.3) is 5.91 Å². The molecule has 0 saturated carbocycles. The van der Waals surface area contributed by atoms with E-state index in [2.05, 4.69) is 36.1 Å². The molecule has 0 aliphatic carbocycles. The molecule has 0 bridgehead atoms. The van der Waals surface area contributed by atoms with Crippen LogP contribution >= 0.6 is 0 Å². The van der Waals surface area contributed by atoms with Crippen molar-refractivity contribution in [2.75, 3.05) is 11.9 Å². The van der Waals surface area contributed by atoms with Crippen LogP contribution < -0.4 is 16.0 Å². The molecule has 1 atom stereocenters. The van der Waals surface area contributed by atoms with E-state index in [0.717, 1.165) is 11.1 Å². The topological polar surface area (TPSA) is 174 Å². The Bertz CT molecular complexity index is 1340. The molecule has 0 aliphatic heterocycles. The molecule has 0 spiro atoms. The number of hydrogen-bond acceptors (Lipinski definition) is 7. The number of fused-ring (bicyclic) bond motifs is 1. The van der Waals surface area contributed by atoms with Crippen LogP contribution in [-0.2, 0) is 16.1 Å². The minimum absolute atomic E-state index is 0.0550. The third-order valence-corrected chi connectivity index (χ3v) is 5.69. The molecule has 2 amide bonds. The third-order valence-electron chi connectivity index (χ3n) is 5.69. The van der Waals surface area contributed by atoms with Crippen LogP contribution in [0.5, 0.6) is 0 Å². The van der Waals surface area contributed by atoms with Gasteiger partial charge in [-0.1, -0.05) is 30.3 Å². The van der Waals surface area contributed by atoms with E-state index < -0.39 is 23.6 Å². The monoisotopic (exact) mass is 505 g/mol. The second kappa shape index (κ2) is 11.7. The number of nitrogens with zero attached hydrogens (tertiary/aromatic N) is 2. The summed E-state index contributed by atoms with van der Waals surface area (Å²) in [5.41, 5.74) is -0.410. The highest BCUT2D eigenvalue weighted by molar-refractivity contribution is 6.01. The Hall–Kier alpha value is -4.87. The molecule has 0 fully saturated rings. The van der Waals surface area contributed by atoms with Gasteiger partial charge >= 0.3 is 12.1 Å². The molecule has 192 valence electrons. The predicted octanol–water partition coefficient (Wildman–Crippen LogP) is 3.01. The van der Waals surface area contributed by atoms with Crippen molar-refractivity contribution in [2.24, 2.45) is 0 Å². The highest BCUT2D eigenvalue weighted by atomic mass is 16.5. The summed E-state index contributed by atoms with van der Waals surface area (Å²) in [4.78, 5) is 45.2. The van der Waals surface area contributed by atoms with E-state index in [1.54, 1.807) is 61.1 Å². The standard InChI is InChI=1S/C25H27N7O5/c33-21(18-8-9-20-19(14-18)15-29-32-20)30-25(22(34)35,10-4-5-11-26-23-27-12-13-28-23)31-24(36)37-16-17-6-2-1-3-7-17/h1-3,6-9,12-15H,4-5,10-11,16H2,(H,29,32)(H,30,33)(H,31,36)(H,34,35)(H2,26,27,28). The fourth-order valence-corrected chi connectivity index (χ4v) is 3.74. The number of carboxylic acid groups (broad SMARTS) is 1. The number of alkyl carbamates (subject to hydrolysis) is 1. The van der Waals surface area contributed by atoms with Crippen LogP contribution in [0.4, 0.5) is 10.7 Å². The van der Waals surface area contributed by atoms with Crippen molar-refractivity contribution >= 4 is 34.8 Å². The molecular weight excluding hydrogens is 478 g/mol. The fourth-order valence-electron chi connectivity index (χ4n) is 3.74. The fraction of sp³-hybridized carbons (Fsp3) is 0.240. The lowest BCUT2D eigenvalue weighted by atomic mass is 10.0. The molecule has 6 N–H and O–H groups in total. The number of unbranched alkanes of at least 4 members (excludes halogenated alkanes) is 1. The lowest BCUT2D eigenvalue weighted by Crippen LogP contribution is -2.65. The van der Waals surface area contributed by atoms with Crippen molar-refractivity contribution in [3.8, 4) is 0 Å². The SMILES string of the molecule is O=C(NC(CCCCNc1ncc[nH]1)(NC(=O)c1ccc2[nH]ncc2c1)C(=O)O)OCc1ccccc1. The zero-order valence-corrected chi connectivity index (χ0v) is 19.9. The maximum atomic E-state index is 13.1. The summed E-state index contributed by atoms with van der Waals surface area (Å²) in [6.45, 7) is 0.452. The first-order valence-electron chi connectivity index (χ1n) is 11.7. The molecule has 12 heteroatoms. The average molecular weight is 506 g/mol. The normalized spacial score (nSPS) is 12.4. The van der Waals surface area contributed by atoms with E-state index in [0.29, 0.717) is 30.7 Å². The van der Waals surface area contributed by atoms with E-state index in [1.165, 1.54) is 0 Å². The number of anilines is 1.